The van der Waals surface area contributed by atoms with Crippen LogP contribution in [-0.4, -0.2) is 54.4 Å². The molecule has 2 amide bonds. The van der Waals surface area contributed by atoms with Gasteiger partial charge in [0.1, 0.15) is 12.4 Å². The molecule has 156 valence electrons. The molecule has 1 heterocycles. The first-order valence-electron chi connectivity index (χ1n) is 10.7. The zero-order chi connectivity index (χ0) is 20.5. The van der Waals surface area contributed by atoms with Gasteiger partial charge in [-0.25, -0.2) is 0 Å². The fourth-order valence-corrected chi connectivity index (χ4v) is 3.67. The molecule has 5 heteroatoms. The number of rotatable bonds is 5. The first-order valence-corrected chi connectivity index (χ1v) is 10.7. The van der Waals surface area contributed by atoms with Gasteiger partial charge in [0, 0.05) is 26.6 Å². The van der Waals surface area contributed by atoms with Crippen molar-refractivity contribution in [3.8, 4) is 5.75 Å². The Morgan fingerprint density at radius 3 is 2.61 bits per heavy atom. The average Bonchev–Trinajstić information content (AvgIpc) is 2.68. The summed E-state index contributed by atoms with van der Waals surface area (Å²) in [7, 11) is 1.83. The molecular weight excluding hydrogens is 352 g/mol. The Morgan fingerprint density at radius 1 is 1.18 bits per heavy atom. The summed E-state index contributed by atoms with van der Waals surface area (Å²) >= 11 is 0. The molecule has 1 aromatic carbocycles. The van der Waals surface area contributed by atoms with Gasteiger partial charge < -0.3 is 14.5 Å². The third-order valence-electron chi connectivity index (χ3n) is 5.50. The maximum absolute atomic E-state index is 13.0. The Labute approximate surface area is 170 Å². The van der Waals surface area contributed by atoms with Crippen LogP contribution in [0.15, 0.2) is 24.3 Å². The van der Waals surface area contributed by atoms with E-state index in [1.54, 1.807) is 4.90 Å². The summed E-state index contributed by atoms with van der Waals surface area (Å²) in [6, 6.07) is 7.42. The molecule has 0 unspecified atom stereocenters. The van der Waals surface area contributed by atoms with Crippen molar-refractivity contribution in [2.24, 2.45) is 5.92 Å². The molecule has 1 atom stereocenters. The number of carbonyl (C=O) groups excluding carboxylic acids is 2. The number of para-hydroxylation sites is 1. The molecule has 0 radical (unpaired) electrons. The lowest BCUT2D eigenvalue weighted by Crippen LogP contribution is -2.47. The van der Waals surface area contributed by atoms with Crippen LogP contribution in [0.3, 0.4) is 0 Å². The second-order valence-corrected chi connectivity index (χ2v) is 8.10. The van der Waals surface area contributed by atoms with E-state index in [1.807, 2.05) is 36.2 Å². The van der Waals surface area contributed by atoms with Gasteiger partial charge in [0.2, 0.25) is 5.91 Å². The van der Waals surface area contributed by atoms with E-state index in [1.165, 1.54) is 0 Å². The van der Waals surface area contributed by atoms with Crippen LogP contribution in [0.4, 0.5) is 0 Å². The second kappa shape index (κ2) is 11.1. The van der Waals surface area contributed by atoms with E-state index < -0.39 is 0 Å². The van der Waals surface area contributed by atoms with E-state index in [2.05, 4.69) is 20.8 Å². The number of unbranched alkanes of at least 4 members (excludes halogenated alkanes) is 2. The van der Waals surface area contributed by atoms with Gasteiger partial charge in [0.05, 0.1) is 11.6 Å². The number of amides is 2. The van der Waals surface area contributed by atoms with Crippen molar-refractivity contribution in [2.75, 3.05) is 26.7 Å². The lowest BCUT2D eigenvalue weighted by molar-refractivity contribution is -0.135. The van der Waals surface area contributed by atoms with Crippen LogP contribution in [0.1, 0.15) is 69.7 Å². The molecule has 5 nitrogen and oxygen atoms in total. The zero-order valence-corrected chi connectivity index (χ0v) is 17.9. The van der Waals surface area contributed by atoms with Crippen LogP contribution in [0.5, 0.6) is 5.75 Å². The summed E-state index contributed by atoms with van der Waals surface area (Å²) in [5.41, 5.74) is 0.592. The molecule has 0 aromatic heterocycles. The monoisotopic (exact) mass is 388 g/mol. The van der Waals surface area contributed by atoms with Gasteiger partial charge in [-0.1, -0.05) is 45.7 Å². The van der Waals surface area contributed by atoms with E-state index in [-0.39, 0.29) is 23.8 Å². The Morgan fingerprint density at radius 2 is 1.89 bits per heavy atom. The van der Waals surface area contributed by atoms with Crippen LogP contribution in [0.2, 0.25) is 0 Å². The van der Waals surface area contributed by atoms with E-state index in [4.69, 9.17) is 4.74 Å². The molecule has 1 aromatic rings. The summed E-state index contributed by atoms with van der Waals surface area (Å²) in [5.74, 6) is 1.10. The Kier molecular flexibility index (Phi) is 8.81. The van der Waals surface area contributed by atoms with Crippen molar-refractivity contribution in [3.05, 3.63) is 29.8 Å². The lowest BCUT2D eigenvalue weighted by Gasteiger charge is -2.35. The van der Waals surface area contributed by atoms with Crippen molar-refractivity contribution in [2.45, 2.75) is 65.3 Å². The van der Waals surface area contributed by atoms with Crippen molar-refractivity contribution in [1.29, 1.82) is 0 Å². The number of hydrogen-bond acceptors (Lipinski definition) is 3. The van der Waals surface area contributed by atoms with Gasteiger partial charge in [-0.15, -0.1) is 0 Å². The van der Waals surface area contributed by atoms with Crippen LogP contribution < -0.4 is 4.74 Å². The smallest absolute Gasteiger partial charge is 0.257 e. The van der Waals surface area contributed by atoms with Crippen molar-refractivity contribution in [1.82, 2.24) is 9.80 Å². The molecule has 1 aliphatic rings. The number of fused-ring (bicyclic) bond motifs is 1. The molecule has 0 saturated carbocycles. The number of benzene rings is 1. The van der Waals surface area contributed by atoms with Gasteiger partial charge in [-0.2, -0.15) is 0 Å². The molecule has 28 heavy (non-hydrogen) atoms. The maximum atomic E-state index is 13.0. The highest BCUT2D eigenvalue weighted by Gasteiger charge is 2.28. The number of nitrogens with zero attached hydrogens (tertiary/aromatic N) is 2. The minimum atomic E-state index is -0.00947. The van der Waals surface area contributed by atoms with Gasteiger partial charge in [0.25, 0.3) is 5.91 Å². The van der Waals surface area contributed by atoms with E-state index in [9.17, 15) is 9.59 Å². The maximum Gasteiger partial charge on any atom is 0.257 e. The molecule has 0 N–H and O–H groups in total. The minimum Gasteiger partial charge on any atom is -0.491 e. The van der Waals surface area contributed by atoms with Crippen molar-refractivity contribution >= 4 is 11.8 Å². The summed E-state index contributed by atoms with van der Waals surface area (Å²) in [6.07, 6.45) is 5.52. The Bertz CT molecular complexity index is 644. The van der Waals surface area contributed by atoms with Crippen LogP contribution in [0, 0.1) is 5.92 Å². The number of ether oxygens (including phenoxy) is 1. The molecular formula is C23H36N2O3. The third-order valence-corrected chi connectivity index (χ3v) is 5.50. The van der Waals surface area contributed by atoms with Crippen molar-refractivity contribution in [3.63, 3.8) is 0 Å². The van der Waals surface area contributed by atoms with Crippen LogP contribution in [0.25, 0.3) is 0 Å². The molecule has 2 rings (SSSR count). The van der Waals surface area contributed by atoms with Gasteiger partial charge in [-0.3, -0.25) is 9.59 Å². The highest BCUT2D eigenvalue weighted by atomic mass is 16.5. The molecule has 0 saturated heterocycles. The molecule has 0 aliphatic carbocycles. The highest BCUT2D eigenvalue weighted by molar-refractivity contribution is 5.96. The third kappa shape index (κ3) is 5.98. The summed E-state index contributed by atoms with van der Waals surface area (Å²) < 4.78 is 6.12. The molecule has 1 aliphatic heterocycles. The normalized spacial score (nSPS) is 18.9. The lowest BCUT2D eigenvalue weighted by atomic mass is 10.0. The Balaban J connectivity index is 2.25. The summed E-state index contributed by atoms with van der Waals surface area (Å²) in [6.45, 7) is 8.23. The van der Waals surface area contributed by atoms with E-state index >= 15 is 0 Å². The highest BCUT2D eigenvalue weighted by Crippen LogP contribution is 2.23. The van der Waals surface area contributed by atoms with E-state index in [0.717, 1.165) is 38.6 Å². The SMILES string of the molecule is CCCCCC(=O)N1CCCCN(C)C(=O)c2ccccc2OC[C@@H]1C(C)C. The summed E-state index contributed by atoms with van der Waals surface area (Å²) in [4.78, 5) is 29.5. The standard InChI is InChI=1S/C23H36N2O3/c1-5-6-7-14-22(26)25-16-11-10-15-24(4)23(27)19-12-8-9-13-21(19)28-17-20(25)18(2)3/h8-9,12-13,18,20H,5-7,10-11,14-17H2,1-4H3/t20-/m1/s1. The average molecular weight is 389 g/mol. The van der Waals surface area contributed by atoms with Crippen LogP contribution >= 0.6 is 0 Å². The minimum absolute atomic E-state index is 0.00874. The van der Waals surface area contributed by atoms with Gasteiger partial charge in [0.15, 0.2) is 0 Å². The fourth-order valence-electron chi connectivity index (χ4n) is 3.67. The Hall–Kier alpha value is -2.04. The van der Waals surface area contributed by atoms with Crippen LogP contribution in [-0.2, 0) is 4.79 Å². The fraction of sp³-hybridized carbons (Fsp3) is 0.652. The number of hydrogen-bond donors (Lipinski definition) is 0. The molecule has 0 fully saturated rings. The predicted molar refractivity (Wildman–Crippen MR) is 113 cm³/mol. The quantitative estimate of drug-likeness (QED) is 0.704. The van der Waals surface area contributed by atoms with Gasteiger partial charge in [-0.05, 0) is 37.3 Å². The predicted octanol–water partition coefficient (Wildman–Crippen LogP) is 4.36. The summed E-state index contributed by atoms with van der Waals surface area (Å²) in [5, 5.41) is 0. The first kappa shape index (κ1) is 22.3. The second-order valence-electron chi connectivity index (χ2n) is 8.10. The van der Waals surface area contributed by atoms with Crippen molar-refractivity contribution < 1.29 is 14.3 Å². The van der Waals surface area contributed by atoms with E-state index in [0.29, 0.717) is 30.9 Å². The molecule has 0 spiro atoms. The zero-order valence-electron chi connectivity index (χ0n) is 17.9. The number of carbonyl (C=O) groups is 2. The largest absolute Gasteiger partial charge is 0.491 e. The van der Waals surface area contributed by atoms with Gasteiger partial charge >= 0.3 is 0 Å². The molecule has 0 bridgehead atoms. The first-order chi connectivity index (χ1) is 13.5. The topological polar surface area (TPSA) is 49.9 Å².